The van der Waals surface area contributed by atoms with Gasteiger partial charge < -0.3 is 9.26 Å². The highest BCUT2D eigenvalue weighted by Crippen LogP contribution is 2.38. The van der Waals surface area contributed by atoms with E-state index in [9.17, 15) is 8.42 Å². The number of hydrogen-bond donors (Lipinski definition) is 0. The molecular weight excluding hydrogens is 316 g/mol. The average Bonchev–Trinajstić information content (AvgIpc) is 3.14. The molecule has 1 atom stereocenters. The normalized spacial score (nSPS) is 21.6. The second kappa shape index (κ2) is 5.74. The molecule has 2 aromatic rings. The van der Waals surface area contributed by atoms with Crippen molar-refractivity contribution in [2.75, 3.05) is 13.7 Å². The van der Waals surface area contributed by atoms with Crippen molar-refractivity contribution < 1.29 is 17.7 Å². The van der Waals surface area contributed by atoms with E-state index in [1.54, 1.807) is 37.4 Å². The van der Waals surface area contributed by atoms with Gasteiger partial charge in [-0.05, 0) is 32.4 Å². The number of nitrogens with zero attached hydrogens (tertiary/aromatic N) is 2. The first-order chi connectivity index (χ1) is 10.9. The molecule has 0 saturated carbocycles. The third-order valence-corrected chi connectivity index (χ3v) is 6.61. The number of benzene rings is 1. The summed E-state index contributed by atoms with van der Waals surface area (Å²) in [7, 11) is -2.06. The zero-order valence-electron chi connectivity index (χ0n) is 13.4. The van der Waals surface area contributed by atoms with Gasteiger partial charge in [-0.25, -0.2) is 8.42 Å². The molecule has 1 aromatic carbocycles. The van der Waals surface area contributed by atoms with Crippen molar-refractivity contribution in [2.24, 2.45) is 0 Å². The topological polar surface area (TPSA) is 72.6 Å². The van der Waals surface area contributed by atoms with E-state index in [4.69, 9.17) is 9.26 Å². The maximum Gasteiger partial charge on any atom is 0.244 e. The standard InChI is InChI=1S/C16H20N2O4S/c1-16(2)15(21-3)9-11-18(16)23(19,20)14-7-5-4-6-12(14)13-8-10-17-22-13/h4-8,10,15H,9,11H2,1-3H3. The number of aromatic nitrogens is 1. The summed E-state index contributed by atoms with van der Waals surface area (Å²) in [5.74, 6) is 0.435. The van der Waals surface area contributed by atoms with E-state index in [2.05, 4.69) is 5.16 Å². The third-order valence-electron chi connectivity index (χ3n) is 4.47. The van der Waals surface area contributed by atoms with Crippen molar-refractivity contribution in [3.63, 3.8) is 0 Å². The van der Waals surface area contributed by atoms with Crippen LogP contribution in [0.25, 0.3) is 11.3 Å². The molecule has 124 valence electrons. The van der Waals surface area contributed by atoms with E-state index in [0.29, 0.717) is 24.3 Å². The van der Waals surface area contributed by atoms with E-state index in [1.165, 1.54) is 10.5 Å². The zero-order valence-corrected chi connectivity index (χ0v) is 14.2. The summed E-state index contributed by atoms with van der Waals surface area (Å²) in [6.07, 6.45) is 2.04. The van der Waals surface area contributed by atoms with Crippen LogP contribution in [0.1, 0.15) is 20.3 Å². The summed E-state index contributed by atoms with van der Waals surface area (Å²) >= 11 is 0. The number of methoxy groups -OCH3 is 1. The van der Waals surface area contributed by atoms with Crippen LogP contribution < -0.4 is 0 Å². The van der Waals surface area contributed by atoms with Crippen LogP contribution >= 0.6 is 0 Å². The SMILES string of the molecule is COC1CCN(S(=O)(=O)c2ccccc2-c2ccno2)C1(C)C. The van der Waals surface area contributed by atoms with Gasteiger partial charge in [-0.3, -0.25) is 0 Å². The molecule has 1 aliphatic rings. The smallest absolute Gasteiger partial charge is 0.244 e. The van der Waals surface area contributed by atoms with Gasteiger partial charge in [0.2, 0.25) is 10.0 Å². The molecule has 3 rings (SSSR count). The van der Waals surface area contributed by atoms with Crippen molar-refractivity contribution in [3.05, 3.63) is 36.5 Å². The van der Waals surface area contributed by atoms with Gasteiger partial charge in [-0.2, -0.15) is 4.31 Å². The van der Waals surface area contributed by atoms with Gasteiger partial charge in [-0.1, -0.05) is 17.3 Å². The van der Waals surface area contributed by atoms with E-state index in [0.717, 1.165) is 0 Å². The van der Waals surface area contributed by atoms with E-state index in [-0.39, 0.29) is 11.0 Å². The molecule has 0 radical (unpaired) electrons. The first-order valence-corrected chi connectivity index (χ1v) is 8.89. The van der Waals surface area contributed by atoms with Crippen molar-refractivity contribution in [3.8, 4) is 11.3 Å². The van der Waals surface area contributed by atoms with Crippen LogP contribution in [0.4, 0.5) is 0 Å². The van der Waals surface area contributed by atoms with Crippen molar-refractivity contribution >= 4 is 10.0 Å². The van der Waals surface area contributed by atoms with Crippen molar-refractivity contribution in [2.45, 2.75) is 36.8 Å². The van der Waals surface area contributed by atoms with Gasteiger partial charge >= 0.3 is 0 Å². The predicted molar refractivity (Wildman–Crippen MR) is 85.3 cm³/mol. The molecule has 0 aliphatic carbocycles. The fraction of sp³-hybridized carbons (Fsp3) is 0.438. The molecule has 1 aliphatic heterocycles. The zero-order chi connectivity index (χ0) is 16.7. The number of sulfonamides is 1. The van der Waals surface area contributed by atoms with Crippen LogP contribution in [0.15, 0.2) is 45.9 Å². The molecule has 1 fully saturated rings. The molecule has 0 N–H and O–H groups in total. The Hall–Kier alpha value is -1.70. The summed E-state index contributed by atoms with van der Waals surface area (Å²) in [5.41, 5.74) is -0.0936. The predicted octanol–water partition coefficient (Wildman–Crippen LogP) is 2.53. The lowest BCUT2D eigenvalue weighted by Gasteiger charge is -2.34. The minimum absolute atomic E-state index is 0.130. The Morgan fingerprint density at radius 3 is 2.65 bits per heavy atom. The number of hydrogen-bond acceptors (Lipinski definition) is 5. The van der Waals surface area contributed by atoms with E-state index >= 15 is 0 Å². The van der Waals surface area contributed by atoms with Gasteiger partial charge in [0.15, 0.2) is 5.76 Å². The maximum atomic E-state index is 13.2. The molecule has 1 saturated heterocycles. The quantitative estimate of drug-likeness (QED) is 0.858. The highest BCUT2D eigenvalue weighted by molar-refractivity contribution is 7.89. The molecule has 23 heavy (non-hydrogen) atoms. The molecular formula is C16H20N2O4S. The Morgan fingerprint density at radius 2 is 2.04 bits per heavy atom. The second-order valence-corrected chi connectivity index (χ2v) is 7.95. The van der Waals surface area contributed by atoms with Crippen LogP contribution in [0.2, 0.25) is 0 Å². The molecule has 0 amide bonds. The molecule has 2 heterocycles. The van der Waals surface area contributed by atoms with Gasteiger partial charge in [-0.15, -0.1) is 0 Å². The Bertz CT molecular complexity index is 784. The monoisotopic (exact) mass is 336 g/mol. The summed E-state index contributed by atoms with van der Waals surface area (Å²) < 4.78 is 38.6. The average molecular weight is 336 g/mol. The van der Waals surface area contributed by atoms with Gasteiger partial charge in [0, 0.05) is 25.3 Å². The molecule has 7 heteroatoms. The first kappa shape index (κ1) is 16.2. The van der Waals surface area contributed by atoms with Crippen LogP contribution in [-0.2, 0) is 14.8 Å². The van der Waals surface area contributed by atoms with Crippen molar-refractivity contribution in [1.29, 1.82) is 0 Å². The van der Waals surface area contributed by atoms with Crippen LogP contribution in [0.5, 0.6) is 0 Å². The highest BCUT2D eigenvalue weighted by atomic mass is 32.2. The van der Waals surface area contributed by atoms with Gasteiger partial charge in [0.25, 0.3) is 0 Å². The van der Waals surface area contributed by atoms with Gasteiger partial charge in [0.05, 0.1) is 22.7 Å². The Balaban J connectivity index is 2.09. The fourth-order valence-electron chi connectivity index (χ4n) is 3.24. The Labute approximate surface area is 136 Å². The van der Waals surface area contributed by atoms with E-state index in [1.807, 2.05) is 13.8 Å². The summed E-state index contributed by atoms with van der Waals surface area (Å²) in [4.78, 5) is 0.224. The minimum atomic E-state index is -3.68. The number of ether oxygens (including phenoxy) is 1. The summed E-state index contributed by atoms with van der Waals surface area (Å²) in [5, 5.41) is 3.67. The Kier molecular flexibility index (Phi) is 4.03. The lowest BCUT2D eigenvalue weighted by atomic mass is 10.0. The lowest BCUT2D eigenvalue weighted by molar-refractivity contribution is 0.0426. The molecule has 0 spiro atoms. The Morgan fingerprint density at radius 1 is 1.30 bits per heavy atom. The summed E-state index contributed by atoms with van der Waals surface area (Å²) in [6.45, 7) is 4.21. The fourth-order valence-corrected chi connectivity index (χ4v) is 5.26. The van der Waals surface area contributed by atoms with Gasteiger partial charge in [0.1, 0.15) is 0 Å². The minimum Gasteiger partial charge on any atom is -0.379 e. The van der Waals surface area contributed by atoms with Crippen LogP contribution in [0.3, 0.4) is 0 Å². The highest BCUT2D eigenvalue weighted by Gasteiger charge is 2.48. The lowest BCUT2D eigenvalue weighted by Crippen LogP contribution is -2.48. The van der Waals surface area contributed by atoms with Crippen LogP contribution in [0, 0.1) is 0 Å². The maximum absolute atomic E-state index is 13.2. The third kappa shape index (κ3) is 2.58. The first-order valence-electron chi connectivity index (χ1n) is 7.44. The van der Waals surface area contributed by atoms with Crippen molar-refractivity contribution in [1.82, 2.24) is 9.46 Å². The van der Waals surface area contributed by atoms with E-state index < -0.39 is 15.6 Å². The van der Waals surface area contributed by atoms with Crippen LogP contribution in [-0.4, -0.2) is 43.2 Å². The second-order valence-electron chi connectivity index (χ2n) is 6.12. The number of rotatable bonds is 4. The summed E-state index contributed by atoms with van der Waals surface area (Å²) in [6, 6.07) is 8.47. The molecule has 1 unspecified atom stereocenters. The molecule has 0 bridgehead atoms. The molecule has 6 nitrogen and oxygen atoms in total. The largest absolute Gasteiger partial charge is 0.379 e. The molecule has 1 aromatic heterocycles.